The fourth-order valence-corrected chi connectivity index (χ4v) is 5.56. The fraction of sp³-hybridized carbons (Fsp3) is 0. The molecule has 184 valence electrons. The second-order valence-corrected chi connectivity index (χ2v) is 9.83. The van der Waals surface area contributed by atoms with Crippen molar-refractivity contribution in [2.75, 3.05) is 4.90 Å². The highest BCUT2D eigenvalue weighted by atomic mass is 15.1. The van der Waals surface area contributed by atoms with Crippen LogP contribution in [0.5, 0.6) is 0 Å². The van der Waals surface area contributed by atoms with E-state index in [4.69, 9.17) is 0 Å². The first-order valence-corrected chi connectivity index (χ1v) is 13.4. The number of rotatable bonds is 5. The highest BCUT2D eigenvalue weighted by Crippen LogP contribution is 2.43. The predicted molar refractivity (Wildman–Crippen MR) is 167 cm³/mol. The summed E-state index contributed by atoms with van der Waals surface area (Å²) in [7, 11) is 0. The molecule has 7 aromatic rings. The Hall–Kier alpha value is -5.14. The van der Waals surface area contributed by atoms with Gasteiger partial charge in [-0.15, -0.1) is 0 Å². The summed E-state index contributed by atoms with van der Waals surface area (Å²) in [6.07, 6.45) is 0. The van der Waals surface area contributed by atoms with Gasteiger partial charge < -0.3 is 4.90 Å². The van der Waals surface area contributed by atoms with Crippen molar-refractivity contribution in [2.24, 2.45) is 0 Å². The van der Waals surface area contributed by atoms with Crippen LogP contribution in [0.2, 0.25) is 0 Å². The molecule has 0 aliphatic rings. The third-order valence-corrected chi connectivity index (χ3v) is 7.41. The highest BCUT2D eigenvalue weighted by molar-refractivity contribution is 6.14. The average Bonchev–Trinajstić information content (AvgIpc) is 3.02. The summed E-state index contributed by atoms with van der Waals surface area (Å²) in [5, 5.41) is 4.99. The van der Waals surface area contributed by atoms with Gasteiger partial charge in [0.05, 0.1) is 5.69 Å². The minimum atomic E-state index is 1.13. The largest absolute Gasteiger partial charge is 0.310 e. The van der Waals surface area contributed by atoms with Crippen molar-refractivity contribution >= 4 is 38.6 Å². The van der Waals surface area contributed by atoms with E-state index in [0.29, 0.717) is 0 Å². The molecule has 0 N–H and O–H groups in total. The molecular weight excluding hydrogens is 470 g/mol. The van der Waals surface area contributed by atoms with Crippen molar-refractivity contribution in [1.82, 2.24) is 0 Å². The fourth-order valence-electron chi connectivity index (χ4n) is 5.56. The first-order valence-electron chi connectivity index (χ1n) is 13.4. The van der Waals surface area contributed by atoms with Crippen molar-refractivity contribution in [3.63, 3.8) is 0 Å². The maximum atomic E-state index is 2.41. The Labute approximate surface area is 229 Å². The lowest BCUT2D eigenvalue weighted by molar-refractivity contribution is 1.30. The van der Waals surface area contributed by atoms with Crippen LogP contribution >= 0.6 is 0 Å². The van der Waals surface area contributed by atoms with Crippen molar-refractivity contribution in [2.45, 2.75) is 0 Å². The molecule has 1 nitrogen and oxygen atoms in total. The van der Waals surface area contributed by atoms with Crippen LogP contribution in [0.4, 0.5) is 17.1 Å². The molecule has 0 aromatic heterocycles. The maximum Gasteiger partial charge on any atom is 0.0546 e. The summed E-state index contributed by atoms with van der Waals surface area (Å²) >= 11 is 0. The van der Waals surface area contributed by atoms with Gasteiger partial charge in [0.2, 0.25) is 0 Å². The summed E-state index contributed by atoms with van der Waals surface area (Å²) < 4.78 is 0. The van der Waals surface area contributed by atoms with E-state index in [1.165, 1.54) is 49.5 Å². The van der Waals surface area contributed by atoms with Crippen LogP contribution in [0, 0.1) is 0 Å². The normalized spacial score (nSPS) is 11.1. The number of fused-ring (bicyclic) bond motifs is 3. The molecule has 7 rings (SSSR count). The lowest BCUT2D eigenvalue weighted by atomic mass is 9.98. The molecule has 0 aliphatic carbocycles. The quantitative estimate of drug-likeness (QED) is 0.214. The van der Waals surface area contributed by atoms with Crippen LogP contribution in [0.25, 0.3) is 43.8 Å². The molecule has 7 aromatic carbocycles. The highest BCUT2D eigenvalue weighted by Gasteiger charge is 2.18. The van der Waals surface area contributed by atoms with Gasteiger partial charge in [0.1, 0.15) is 0 Å². The van der Waals surface area contributed by atoms with E-state index < -0.39 is 0 Å². The third-order valence-electron chi connectivity index (χ3n) is 7.41. The Balaban J connectivity index is 1.50. The van der Waals surface area contributed by atoms with Crippen LogP contribution in [0.15, 0.2) is 164 Å². The second-order valence-electron chi connectivity index (χ2n) is 9.83. The van der Waals surface area contributed by atoms with Crippen LogP contribution in [0.1, 0.15) is 0 Å². The number of hydrogen-bond acceptors (Lipinski definition) is 1. The van der Waals surface area contributed by atoms with E-state index >= 15 is 0 Å². The van der Waals surface area contributed by atoms with E-state index in [0.717, 1.165) is 11.4 Å². The van der Waals surface area contributed by atoms with Crippen LogP contribution < -0.4 is 4.90 Å². The van der Waals surface area contributed by atoms with E-state index in [1.54, 1.807) is 0 Å². The van der Waals surface area contributed by atoms with E-state index in [1.807, 2.05) is 0 Å². The SMILES string of the molecule is c1ccc(-c2cccc(N(c3cccc(-c4ccccc4)c3)c3cc4ccccc4c4ccccc34)c2)cc1. The Morgan fingerprint density at radius 2 is 0.769 bits per heavy atom. The Kier molecular flexibility index (Phi) is 5.88. The van der Waals surface area contributed by atoms with Crippen LogP contribution in [-0.2, 0) is 0 Å². The van der Waals surface area contributed by atoms with Gasteiger partial charge in [-0.25, -0.2) is 0 Å². The first-order chi connectivity index (χ1) is 19.3. The third kappa shape index (κ3) is 4.35. The molecule has 0 unspecified atom stereocenters. The van der Waals surface area contributed by atoms with Crippen molar-refractivity contribution in [3.8, 4) is 22.3 Å². The van der Waals surface area contributed by atoms with E-state index in [2.05, 4.69) is 169 Å². The van der Waals surface area contributed by atoms with Crippen LogP contribution in [0.3, 0.4) is 0 Å². The van der Waals surface area contributed by atoms with E-state index in [9.17, 15) is 0 Å². The molecule has 0 radical (unpaired) electrons. The zero-order valence-electron chi connectivity index (χ0n) is 21.5. The molecule has 0 saturated carbocycles. The van der Waals surface area contributed by atoms with Gasteiger partial charge in [-0.05, 0) is 68.7 Å². The minimum absolute atomic E-state index is 1.13. The molecule has 0 amide bonds. The van der Waals surface area contributed by atoms with Gasteiger partial charge in [0, 0.05) is 16.8 Å². The smallest absolute Gasteiger partial charge is 0.0546 e. The zero-order chi connectivity index (χ0) is 26.0. The molecule has 0 spiro atoms. The van der Waals surface area contributed by atoms with Gasteiger partial charge >= 0.3 is 0 Å². The van der Waals surface area contributed by atoms with Gasteiger partial charge in [-0.3, -0.25) is 0 Å². The molecular formula is C38H27N. The lowest BCUT2D eigenvalue weighted by Crippen LogP contribution is -2.11. The monoisotopic (exact) mass is 497 g/mol. The number of anilines is 3. The lowest BCUT2D eigenvalue weighted by Gasteiger charge is -2.28. The molecule has 1 heteroatoms. The molecule has 0 aliphatic heterocycles. The van der Waals surface area contributed by atoms with Crippen LogP contribution in [-0.4, -0.2) is 0 Å². The van der Waals surface area contributed by atoms with Gasteiger partial charge in [0.15, 0.2) is 0 Å². The van der Waals surface area contributed by atoms with Gasteiger partial charge in [-0.1, -0.05) is 133 Å². The molecule has 0 bridgehead atoms. The van der Waals surface area contributed by atoms with Crippen molar-refractivity contribution in [3.05, 3.63) is 164 Å². The van der Waals surface area contributed by atoms with E-state index in [-0.39, 0.29) is 0 Å². The number of nitrogens with zero attached hydrogens (tertiary/aromatic N) is 1. The predicted octanol–water partition coefficient (Wildman–Crippen LogP) is 10.8. The number of hydrogen-bond donors (Lipinski definition) is 0. The van der Waals surface area contributed by atoms with Gasteiger partial charge in [-0.2, -0.15) is 0 Å². The molecule has 0 atom stereocenters. The summed E-state index contributed by atoms with van der Waals surface area (Å²) in [6.45, 7) is 0. The van der Waals surface area contributed by atoms with Gasteiger partial charge in [0.25, 0.3) is 0 Å². The second kappa shape index (κ2) is 9.96. The molecule has 0 fully saturated rings. The Morgan fingerprint density at radius 1 is 0.308 bits per heavy atom. The van der Waals surface area contributed by atoms with Crippen molar-refractivity contribution < 1.29 is 0 Å². The zero-order valence-corrected chi connectivity index (χ0v) is 21.5. The standard InChI is InChI=1S/C38H27N/c1-3-13-28(14-4-1)30-18-11-20-33(25-30)39(34-21-12-19-31(26-34)29-15-5-2-6-16-29)38-27-32-17-7-8-22-35(32)36-23-9-10-24-37(36)38/h1-27H. The molecule has 0 heterocycles. The van der Waals surface area contributed by atoms with Crippen molar-refractivity contribution in [1.29, 1.82) is 0 Å². The average molecular weight is 498 g/mol. The molecule has 0 saturated heterocycles. The summed E-state index contributed by atoms with van der Waals surface area (Å²) in [4.78, 5) is 2.41. The topological polar surface area (TPSA) is 3.24 Å². The Bertz CT molecular complexity index is 1820. The minimum Gasteiger partial charge on any atom is -0.310 e. The number of benzene rings is 7. The summed E-state index contributed by atoms with van der Waals surface area (Å²) in [5.41, 5.74) is 8.23. The Morgan fingerprint density at radius 3 is 1.36 bits per heavy atom. The summed E-state index contributed by atoms with van der Waals surface area (Å²) in [6, 6.07) is 58.7. The summed E-state index contributed by atoms with van der Waals surface area (Å²) in [5.74, 6) is 0. The molecule has 39 heavy (non-hydrogen) atoms. The first kappa shape index (κ1) is 23.0. The maximum absolute atomic E-state index is 2.41.